The van der Waals surface area contributed by atoms with Gasteiger partial charge in [0.1, 0.15) is 11.9 Å². The number of aliphatic hydroxyl groups is 1. The predicted molar refractivity (Wildman–Crippen MR) is 82.7 cm³/mol. The first-order chi connectivity index (χ1) is 10.2. The van der Waals surface area contributed by atoms with Crippen LogP contribution in [0, 0.1) is 0 Å². The molecule has 1 heterocycles. The molecule has 4 nitrogen and oxygen atoms in total. The van der Waals surface area contributed by atoms with Crippen LogP contribution < -0.4 is 10.1 Å². The minimum Gasteiger partial charge on any atom is -0.497 e. The SMILES string of the molecule is COc1ccc([C@@H]2Sc3ccccc3NC(=O)[C@@H]2O)cc1. The van der Waals surface area contributed by atoms with E-state index in [0.29, 0.717) is 0 Å². The zero-order valence-corrected chi connectivity index (χ0v) is 12.3. The number of hydrogen-bond donors (Lipinski definition) is 2. The van der Waals surface area contributed by atoms with Crippen molar-refractivity contribution in [3.8, 4) is 5.75 Å². The number of fused-ring (bicyclic) bond motifs is 1. The summed E-state index contributed by atoms with van der Waals surface area (Å²) in [7, 11) is 1.61. The Hall–Kier alpha value is -1.98. The number of carbonyl (C=O) groups is 1. The van der Waals surface area contributed by atoms with Crippen molar-refractivity contribution in [3.63, 3.8) is 0 Å². The summed E-state index contributed by atoms with van der Waals surface area (Å²) in [5.74, 6) is 0.366. The van der Waals surface area contributed by atoms with Crippen molar-refractivity contribution in [3.05, 3.63) is 54.1 Å². The van der Waals surface area contributed by atoms with Gasteiger partial charge in [-0.2, -0.15) is 0 Å². The van der Waals surface area contributed by atoms with Crippen molar-refractivity contribution < 1.29 is 14.6 Å². The fraction of sp³-hybridized carbons (Fsp3) is 0.188. The third-order valence-electron chi connectivity index (χ3n) is 3.40. The Kier molecular flexibility index (Phi) is 3.86. The maximum atomic E-state index is 12.1. The Morgan fingerprint density at radius 1 is 1.14 bits per heavy atom. The quantitative estimate of drug-likeness (QED) is 0.895. The highest BCUT2D eigenvalue weighted by Crippen LogP contribution is 2.43. The number of thioether (sulfide) groups is 1. The number of aliphatic hydroxyl groups excluding tert-OH is 1. The molecule has 0 fully saturated rings. The van der Waals surface area contributed by atoms with E-state index in [-0.39, 0.29) is 11.2 Å². The van der Waals surface area contributed by atoms with E-state index in [1.165, 1.54) is 11.8 Å². The van der Waals surface area contributed by atoms with Crippen molar-refractivity contribution in [1.29, 1.82) is 0 Å². The normalized spacial score (nSPS) is 21.1. The van der Waals surface area contributed by atoms with Crippen LogP contribution in [0.4, 0.5) is 5.69 Å². The van der Waals surface area contributed by atoms with Crippen LogP contribution in [0.25, 0.3) is 0 Å². The molecule has 1 amide bonds. The smallest absolute Gasteiger partial charge is 0.254 e. The molecule has 0 unspecified atom stereocenters. The second-order valence-electron chi connectivity index (χ2n) is 4.74. The lowest BCUT2D eigenvalue weighted by molar-refractivity contribution is -0.124. The van der Waals surface area contributed by atoms with Crippen LogP contribution in [0.3, 0.4) is 0 Å². The molecule has 1 aliphatic heterocycles. The molecule has 2 atom stereocenters. The Labute approximate surface area is 127 Å². The van der Waals surface area contributed by atoms with Gasteiger partial charge in [-0.3, -0.25) is 4.79 Å². The summed E-state index contributed by atoms with van der Waals surface area (Å²) in [6.07, 6.45) is -1.10. The average Bonchev–Trinajstić information content (AvgIpc) is 2.65. The Bertz CT molecular complexity index is 657. The van der Waals surface area contributed by atoms with Gasteiger partial charge in [-0.25, -0.2) is 0 Å². The maximum Gasteiger partial charge on any atom is 0.254 e. The van der Waals surface area contributed by atoms with Gasteiger partial charge in [-0.15, -0.1) is 11.8 Å². The van der Waals surface area contributed by atoms with Gasteiger partial charge in [-0.05, 0) is 29.8 Å². The number of carbonyl (C=O) groups excluding carboxylic acids is 1. The molecule has 2 aromatic carbocycles. The zero-order valence-electron chi connectivity index (χ0n) is 11.4. The van der Waals surface area contributed by atoms with Crippen LogP contribution in [-0.2, 0) is 4.79 Å². The zero-order chi connectivity index (χ0) is 14.8. The van der Waals surface area contributed by atoms with E-state index in [1.807, 2.05) is 48.5 Å². The maximum absolute atomic E-state index is 12.1. The third-order valence-corrected chi connectivity index (χ3v) is 4.79. The topological polar surface area (TPSA) is 58.6 Å². The fourth-order valence-electron chi connectivity index (χ4n) is 2.26. The molecule has 0 saturated heterocycles. The van der Waals surface area contributed by atoms with E-state index < -0.39 is 6.10 Å². The van der Waals surface area contributed by atoms with E-state index in [0.717, 1.165) is 21.9 Å². The predicted octanol–water partition coefficient (Wildman–Crippen LogP) is 2.84. The minimum atomic E-state index is -1.10. The highest BCUT2D eigenvalue weighted by molar-refractivity contribution is 7.99. The summed E-state index contributed by atoms with van der Waals surface area (Å²) in [5, 5.41) is 12.7. The molecule has 5 heteroatoms. The molecule has 1 aliphatic rings. The Morgan fingerprint density at radius 2 is 1.86 bits per heavy atom. The van der Waals surface area contributed by atoms with Crippen molar-refractivity contribution in [2.24, 2.45) is 0 Å². The van der Waals surface area contributed by atoms with Crippen LogP contribution in [0.5, 0.6) is 5.75 Å². The molecule has 108 valence electrons. The van der Waals surface area contributed by atoms with Gasteiger partial charge in [0.2, 0.25) is 0 Å². The van der Waals surface area contributed by atoms with E-state index in [9.17, 15) is 9.90 Å². The summed E-state index contributed by atoms with van der Waals surface area (Å²) in [5.41, 5.74) is 1.63. The number of benzene rings is 2. The number of ether oxygens (including phenoxy) is 1. The molecule has 21 heavy (non-hydrogen) atoms. The molecule has 0 saturated carbocycles. The summed E-state index contributed by atoms with van der Waals surface area (Å²) < 4.78 is 5.14. The minimum absolute atomic E-state index is 0.348. The third kappa shape index (κ3) is 2.75. The van der Waals surface area contributed by atoms with Crippen LogP contribution in [0.1, 0.15) is 10.8 Å². The summed E-state index contributed by atoms with van der Waals surface area (Å²) in [4.78, 5) is 13.0. The molecular weight excluding hydrogens is 286 g/mol. The molecule has 2 N–H and O–H groups in total. The number of rotatable bonds is 2. The first kappa shape index (κ1) is 14.0. The van der Waals surface area contributed by atoms with Crippen LogP contribution in [0.15, 0.2) is 53.4 Å². The average molecular weight is 301 g/mol. The van der Waals surface area contributed by atoms with Crippen molar-refractivity contribution in [2.75, 3.05) is 12.4 Å². The first-order valence-corrected chi connectivity index (χ1v) is 7.45. The summed E-state index contributed by atoms with van der Waals surface area (Å²) in [6.45, 7) is 0. The first-order valence-electron chi connectivity index (χ1n) is 6.57. The number of anilines is 1. The number of para-hydroxylation sites is 1. The number of methoxy groups -OCH3 is 1. The molecule has 0 bridgehead atoms. The molecule has 0 aliphatic carbocycles. The highest BCUT2D eigenvalue weighted by Gasteiger charge is 2.32. The number of amides is 1. The summed E-state index contributed by atoms with van der Waals surface area (Å²) in [6, 6.07) is 15.0. The molecule has 0 radical (unpaired) electrons. The molecule has 0 spiro atoms. The lowest BCUT2D eigenvalue weighted by Gasteiger charge is -2.19. The second-order valence-corrected chi connectivity index (χ2v) is 5.93. The molecule has 2 aromatic rings. The van der Waals surface area contributed by atoms with E-state index in [2.05, 4.69) is 5.32 Å². The van der Waals surface area contributed by atoms with Crippen LogP contribution in [-0.4, -0.2) is 24.2 Å². The Balaban J connectivity index is 1.98. The highest BCUT2D eigenvalue weighted by atomic mass is 32.2. The van der Waals surface area contributed by atoms with Crippen molar-refractivity contribution in [2.45, 2.75) is 16.2 Å². The molecule has 0 aromatic heterocycles. The lowest BCUT2D eigenvalue weighted by atomic mass is 10.1. The van der Waals surface area contributed by atoms with Gasteiger partial charge in [0.15, 0.2) is 0 Å². The van der Waals surface area contributed by atoms with Gasteiger partial charge in [0.25, 0.3) is 5.91 Å². The van der Waals surface area contributed by atoms with Gasteiger partial charge in [0.05, 0.1) is 18.0 Å². The monoisotopic (exact) mass is 301 g/mol. The second kappa shape index (κ2) is 5.79. The number of hydrogen-bond acceptors (Lipinski definition) is 4. The van der Waals surface area contributed by atoms with Crippen LogP contribution >= 0.6 is 11.8 Å². The van der Waals surface area contributed by atoms with Gasteiger partial charge < -0.3 is 15.2 Å². The van der Waals surface area contributed by atoms with Gasteiger partial charge in [-0.1, -0.05) is 24.3 Å². The van der Waals surface area contributed by atoms with Gasteiger partial charge >= 0.3 is 0 Å². The largest absolute Gasteiger partial charge is 0.497 e. The van der Waals surface area contributed by atoms with E-state index in [4.69, 9.17) is 4.74 Å². The standard InChI is InChI=1S/C16H15NO3S/c1-20-11-8-6-10(7-9-11)15-14(18)16(19)17-12-4-2-3-5-13(12)21-15/h2-9,14-15,18H,1H3,(H,17,19)/t14-,15+/m1/s1. The lowest BCUT2D eigenvalue weighted by Crippen LogP contribution is -2.30. The fourth-order valence-corrected chi connectivity index (χ4v) is 3.48. The van der Waals surface area contributed by atoms with Crippen molar-refractivity contribution >= 4 is 23.4 Å². The molecule has 3 rings (SSSR count). The van der Waals surface area contributed by atoms with E-state index in [1.54, 1.807) is 7.11 Å². The summed E-state index contributed by atoms with van der Waals surface area (Å²) >= 11 is 1.48. The Morgan fingerprint density at radius 3 is 2.57 bits per heavy atom. The van der Waals surface area contributed by atoms with E-state index >= 15 is 0 Å². The van der Waals surface area contributed by atoms with Crippen LogP contribution in [0.2, 0.25) is 0 Å². The molecular formula is C16H15NO3S. The van der Waals surface area contributed by atoms with Crippen molar-refractivity contribution in [1.82, 2.24) is 0 Å². The number of nitrogens with one attached hydrogen (secondary N) is 1. The van der Waals surface area contributed by atoms with Gasteiger partial charge in [0, 0.05) is 4.90 Å².